The van der Waals surface area contributed by atoms with Gasteiger partial charge in [0.25, 0.3) is 5.91 Å². The Bertz CT molecular complexity index is 478. The van der Waals surface area contributed by atoms with Gasteiger partial charge in [0, 0.05) is 17.2 Å². The van der Waals surface area contributed by atoms with E-state index in [2.05, 4.69) is 10.5 Å². The number of hydrogen-bond acceptors (Lipinski definition) is 3. The quantitative estimate of drug-likeness (QED) is 0.333. The molecule has 0 radical (unpaired) electrons. The van der Waals surface area contributed by atoms with E-state index in [9.17, 15) is 4.79 Å². The number of amidine groups is 1. The fourth-order valence-electron chi connectivity index (χ4n) is 2.20. The zero-order chi connectivity index (χ0) is 13.8. The van der Waals surface area contributed by atoms with Crippen LogP contribution >= 0.6 is 0 Å². The molecule has 1 aromatic carbocycles. The first-order valence-electron chi connectivity index (χ1n) is 6.50. The summed E-state index contributed by atoms with van der Waals surface area (Å²) in [6.07, 6.45) is 3.66. The minimum Gasteiger partial charge on any atom is -0.409 e. The third-order valence-electron chi connectivity index (χ3n) is 3.77. The van der Waals surface area contributed by atoms with Gasteiger partial charge < -0.3 is 16.3 Å². The van der Waals surface area contributed by atoms with Crippen molar-refractivity contribution in [3.63, 3.8) is 0 Å². The van der Waals surface area contributed by atoms with Crippen molar-refractivity contribution >= 4 is 11.7 Å². The molecule has 1 fully saturated rings. The van der Waals surface area contributed by atoms with E-state index in [-0.39, 0.29) is 17.8 Å². The summed E-state index contributed by atoms with van der Waals surface area (Å²) in [5.74, 6) is 0.570. The van der Waals surface area contributed by atoms with Crippen LogP contribution in [0.2, 0.25) is 0 Å². The van der Waals surface area contributed by atoms with Crippen LogP contribution in [0, 0.1) is 5.92 Å². The van der Waals surface area contributed by atoms with Crippen LogP contribution in [0.25, 0.3) is 0 Å². The smallest absolute Gasteiger partial charge is 0.251 e. The van der Waals surface area contributed by atoms with E-state index in [1.807, 2.05) is 6.92 Å². The lowest BCUT2D eigenvalue weighted by molar-refractivity contribution is 0.0909. The Kier molecular flexibility index (Phi) is 4.04. The Morgan fingerprint density at radius 2 is 1.95 bits per heavy atom. The molecule has 0 aliphatic heterocycles. The average molecular weight is 261 g/mol. The molecule has 1 aliphatic carbocycles. The van der Waals surface area contributed by atoms with Gasteiger partial charge in [-0.3, -0.25) is 4.79 Å². The molecule has 1 aliphatic rings. The predicted octanol–water partition coefficient (Wildman–Crippen LogP) is 1.70. The standard InChI is InChI=1S/C14H19N3O2/c1-9(10-3-2-4-10)16-14(18)12-7-5-11(6-8-12)13(15)17-19/h5-10,19H,2-4H2,1H3,(H2,15,17)(H,16,18). The van der Waals surface area contributed by atoms with Crippen LogP contribution in [-0.4, -0.2) is 23.0 Å². The molecule has 102 valence electrons. The van der Waals surface area contributed by atoms with Crippen molar-refractivity contribution in [2.75, 3.05) is 0 Å². The maximum absolute atomic E-state index is 12.0. The summed E-state index contributed by atoms with van der Waals surface area (Å²) in [6.45, 7) is 2.05. The number of rotatable bonds is 4. The molecule has 1 amide bonds. The lowest BCUT2D eigenvalue weighted by atomic mass is 9.80. The van der Waals surface area contributed by atoms with Gasteiger partial charge >= 0.3 is 0 Å². The molecule has 5 nitrogen and oxygen atoms in total. The Labute approximate surface area is 112 Å². The summed E-state index contributed by atoms with van der Waals surface area (Å²) in [5.41, 5.74) is 6.64. The molecular weight excluding hydrogens is 242 g/mol. The van der Waals surface area contributed by atoms with Crippen LogP contribution < -0.4 is 11.1 Å². The fraction of sp³-hybridized carbons (Fsp3) is 0.429. The lowest BCUT2D eigenvalue weighted by Crippen LogP contribution is -2.40. The van der Waals surface area contributed by atoms with Crippen molar-refractivity contribution in [3.05, 3.63) is 35.4 Å². The van der Waals surface area contributed by atoms with Crippen molar-refractivity contribution in [3.8, 4) is 0 Å². The van der Waals surface area contributed by atoms with Crippen LogP contribution in [0.1, 0.15) is 42.1 Å². The molecule has 4 N–H and O–H groups in total. The van der Waals surface area contributed by atoms with Crippen LogP contribution in [0.5, 0.6) is 0 Å². The molecule has 2 rings (SSSR count). The maximum Gasteiger partial charge on any atom is 0.251 e. The summed E-state index contributed by atoms with van der Waals surface area (Å²) in [5, 5.41) is 14.5. The zero-order valence-corrected chi connectivity index (χ0v) is 11.0. The van der Waals surface area contributed by atoms with Crippen LogP contribution in [0.4, 0.5) is 0 Å². The van der Waals surface area contributed by atoms with Gasteiger partial charge in [0.15, 0.2) is 5.84 Å². The molecule has 1 atom stereocenters. The van der Waals surface area contributed by atoms with Gasteiger partial charge in [-0.25, -0.2) is 0 Å². The van der Waals surface area contributed by atoms with Crippen molar-refractivity contribution in [1.82, 2.24) is 5.32 Å². The number of benzene rings is 1. The Morgan fingerprint density at radius 1 is 1.37 bits per heavy atom. The molecular formula is C14H19N3O2. The Balaban J connectivity index is 1.99. The molecule has 0 spiro atoms. The first-order chi connectivity index (χ1) is 9.11. The second-order valence-electron chi connectivity index (χ2n) is 5.02. The summed E-state index contributed by atoms with van der Waals surface area (Å²) in [7, 11) is 0. The SMILES string of the molecule is CC(NC(=O)c1ccc(/C(N)=N/O)cc1)C1CCC1. The largest absolute Gasteiger partial charge is 0.409 e. The van der Waals surface area contributed by atoms with Crippen molar-refractivity contribution in [1.29, 1.82) is 0 Å². The van der Waals surface area contributed by atoms with Gasteiger partial charge in [0.1, 0.15) is 0 Å². The van der Waals surface area contributed by atoms with Crippen molar-refractivity contribution < 1.29 is 10.0 Å². The Hall–Kier alpha value is -2.04. The van der Waals surface area contributed by atoms with Gasteiger partial charge in [-0.05, 0) is 37.8 Å². The highest BCUT2D eigenvalue weighted by atomic mass is 16.4. The summed E-state index contributed by atoms with van der Waals surface area (Å²) < 4.78 is 0. The third kappa shape index (κ3) is 3.05. The first-order valence-corrected chi connectivity index (χ1v) is 6.50. The van der Waals surface area contributed by atoms with Gasteiger partial charge in [0.05, 0.1) is 0 Å². The molecule has 0 bridgehead atoms. The molecule has 0 aromatic heterocycles. The summed E-state index contributed by atoms with van der Waals surface area (Å²) in [6, 6.07) is 6.90. The van der Waals surface area contributed by atoms with E-state index >= 15 is 0 Å². The fourth-order valence-corrected chi connectivity index (χ4v) is 2.20. The molecule has 1 saturated carbocycles. The van der Waals surface area contributed by atoms with E-state index in [0.717, 1.165) is 0 Å². The highest BCUT2D eigenvalue weighted by molar-refractivity contribution is 5.99. The normalized spacial score (nSPS) is 17.6. The van der Waals surface area contributed by atoms with Gasteiger partial charge in [0.2, 0.25) is 0 Å². The molecule has 19 heavy (non-hydrogen) atoms. The van der Waals surface area contributed by atoms with E-state index in [0.29, 0.717) is 17.0 Å². The number of carbonyl (C=O) groups excluding carboxylic acids is 1. The topological polar surface area (TPSA) is 87.7 Å². The summed E-state index contributed by atoms with van der Waals surface area (Å²) >= 11 is 0. The van der Waals surface area contributed by atoms with Gasteiger partial charge in [-0.1, -0.05) is 23.7 Å². The number of oxime groups is 1. The van der Waals surface area contributed by atoms with Gasteiger partial charge in [-0.2, -0.15) is 0 Å². The molecule has 0 heterocycles. The van der Waals surface area contributed by atoms with Crippen molar-refractivity contribution in [2.45, 2.75) is 32.2 Å². The number of amides is 1. The number of nitrogens with zero attached hydrogens (tertiary/aromatic N) is 1. The minimum absolute atomic E-state index is 0.0368. The van der Waals surface area contributed by atoms with Crippen LogP contribution in [0.15, 0.2) is 29.4 Å². The van der Waals surface area contributed by atoms with E-state index < -0.39 is 0 Å². The molecule has 1 aromatic rings. The van der Waals surface area contributed by atoms with E-state index in [1.165, 1.54) is 19.3 Å². The number of nitrogens with one attached hydrogen (secondary N) is 1. The highest BCUT2D eigenvalue weighted by Gasteiger charge is 2.25. The average Bonchev–Trinajstić information content (AvgIpc) is 2.35. The zero-order valence-electron chi connectivity index (χ0n) is 11.0. The maximum atomic E-state index is 12.0. The molecule has 1 unspecified atom stereocenters. The number of hydrogen-bond donors (Lipinski definition) is 3. The first kappa shape index (κ1) is 13.4. The van der Waals surface area contributed by atoms with E-state index in [1.54, 1.807) is 24.3 Å². The van der Waals surface area contributed by atoms with Crippen molar-refractivity contribution in [2.24, 2.45) is 16.8 Å². The number of carbonyl (C=O) groups is 1. The lowest BCUT2D eigenvalue weighted by Gasteiger charge is -2.31. The third-order valence-corrected chi connectivity index (χ3v) is 3.77. The Morgan fingerprint density at radius 3 is 2.42 bits per heavy atom. The second kappa shape index (κ2) is 5.73. The van der Waals surface area contributed by atoms with E-state index in [4.69, 9.17) is 10.9 Å². The minimum atomic E-state index is -0.0783. The summed E-state index contributed by atoms with van der Waals surface area (Å²) in [4.78, 5) is 12.0. The molecule has 5 heteroatoms. The highest BCUT2D eigenvalue weighted by Crippen LogP contribution is 2.29. The second-order valence-corrected chi connectivity index (χ2v) is 5.02. The molecule has 0 saturated heterocycles. The van der Waals surface area contributed by atoms with Crippen LogP contribution in [-0.2, 0) is 0 Å². The predicted molar refractivity (Wildman–Crippen MR) is 73.2 cm³/mol. The van der Waals surface area contributed by atoms with Gasteiger partial charge in [-0.15, -0.1) is 0 Å². The number of nitrogens with two attached hydrogens (primary N) is 1. The van der Waals surface area contributed by atoms with Crippen LogP contribution in [0.3, 0.4) is 0 Å². The monoisotopic (exact) mass is 261 g/mol.